The summed E-state index contributed by atoms with van der Waals surface area (Å²) < 4.78 is 30.8. The number of methoxy groups -OCH3 is 1. The van der Waals surface area contributed by atoms with E-state index in [1.165, 1.54) is 19.2 Å². The molecule has 1 aromatic rings. The minimum absolute atomic E-state index is 0.0306. The van der Waals surface area contributed by atoms with Crippen molar-refractivity contribution >= 4 is 5.97 Å². The van der Waals surface area contributed by atoms with Crippen molar-refractivity contribution in [3.8, 4) is 0 Å². The normalized spacial score (nSPS) is 14.1. The molecule has 0 saturated carbocycles. The molecule has 0 aromatic heterocycles. The number of ether oxygens (including phenoxy) is 1. The number of esters is 1. The Morgan fingerprint density at radius 2 is 2.11 bits per heavy atom. The first kappa shape index (κ1) is 14.6. The highest BCUT2D eigenvalue weighted by atomic mass is 19.1. The molecule has 0 aliphatic carbocycles. The number of carbonyl (C=O) groups is 1. The maximum absolute atomic E-state index is 13.5. The Labute approximate surface area is 105 Å². The summed E-state index contributed by atoms with van der Waals surface area (Å²) in [6.45, 7) is 1.83. The van der Waals surface area contributed by atoms with Gasteiger partial charge in [-0.3, -0.25) is 4.79 Å². The summed E-state index contributed by atoms with van der Waals surface area (Å²) in [7, 11) is 1.31. The Bertz CT molecular complexity index is 423. The Hall–Kier alpha value is -1.49. The largest absolute Gasteiger partial charge is 0.469 e. The van der Waals surface area contributed by atoms with E-state index in [4.69, 9.17) is 5.73 Å². The van der Waals surface area contributed by atoms with Crippen molar-refractivity contribution in [3.05, 3.63) is 35.4 Å². The van der Waals surface area contributed by atoms with E-state index in [-0.39, 0.29) is 23.9 Å². The zero-order chi connectivity index (χ0) is 13.7. The summed E-state index contributed by atoms with van der Waals surface area (Å²) in [5.74, 6) is -1.65. The van der Waals surface area contributed by atoms with E-state index in [1.54, 1.807) is 0 Å². The van der Waals surface area contributed by atoms with Crippen molar-refractivity contribution in [2.75, 3.05) is 7.11 Å². The van der Waals surface area contributed by atoms with Crippen LogP contribution in [0.3, 0.4) is 0 Å². The van der Waals surface area contributed by atoms with Crippen molar-refractivity contribution in [1.82, 2.24) is 0 Å². The van der Waals surface area contributed by atoms with Crippen molar-refractivity contribution in [2.45, 2.75) is 25.8 Å². The lowest BCUT2D eigenvalue weighted by molar-refractivity contribution is -0.141. The maximum Gasteiger partial charge on any atom is 0.305 e. The zero-order valence-electron chi connectivity index (χ0n) is 10.5. The molecule has 0 fully saturated rings. The Kier molecular flexibility index (Phi) is 5.22. The van der Waals surface area contributed by atoms with E-state index in [0.717, 1.165) is 6.07 Å². The van der Waals surface area contributed by atoms with Crippen LogP contribution in [0.1, 0.15) is 31.4 Å². The lowest BCUT2D eigenvalue weighted by Crippen LogP contribution is -2.17. The quantitative estimate of drug-likeness (QED) is 0.825. The van der Waals surface area contributed by atoms with E-state index in [0.29, 0.717) is 6.42 Å². The first-order valence-corrected chi connectivity index (χ1v) is 5.71. The highest BCUT2D eigenvalue weighted by Crippen LogP contribution is 2.23. The molecule has 2 N–H and O–H groups in total. The zero-order valence-corrected chi connectivity index (χ0v) is 10.5. The molecule has 0 bridgehead atoms. The van der Waals surface area contributed by atoms with E-state index >= 15 is 0 Å². The van der Waals surface area contributed by atoms with Crippen LogP contribution < -0.4 is 5.73 Å². The summed E-state index contributed by atoms with van der Waals surface area (Å²) in [6, 6.07) is 2.74. The van der Waals surface area contributed by atoms with Gasteiger partial charge in [0.2, 0.25) is 0 Å². The second kappa shape index (κ2) is 6.44. The number of halogens is 2. The lowest BCUT2D eigenvalue weighted by Gasteiger charge is -2.17. The third-order valence-corrected chi connectivity index (χ3v) is 2.76. The highest BCUT2D eigenvalue weighted by Gasteiger charge is 2.17. The van der Waals surface area contributed by atoms with E-state index in [1.807, 2.05) is 6.92 Å². The van der Waals surface area contributed by atoms with Crippen LogP contribution in [0.2, 0.25) is 0 Å². The predicted octanol–water partition coefficient (Wildman–Crippen LogP) is 2.55. The number of hydrogen-bond donors (Lipinski definition) is 1. The van der Waals surface area contributed by atoms with Crippen LogP contribution in [0.5, 0.6) is 0 Å². The van der Waals surface area contributed by atoms with Gasteiger partial charge in [0.1, 0.15) is 11.6 Å². The Morgan fingerprint density at radius 1 is 1.44 bits per heavy atom. The summed E-state index contributed by atoms with van der Waals surface area (Å²) in [5, 5.41) is 0. The van der Waals surface area contributed by atoms with E-state index in [9.17, 15) is 13.6 Å². The third kappa shape index (κ3) is 4.07. The fourth-order valence-corrected chi connectivity index (χ4v) is 1.81. The molecule has 0 heterocycles. The first-order valence-electron chi connectivity index (χ1n) is 5.71. The molecular formula is C13H17F2NO2. The van der Waals surface area contributed by atoms with Crippen molar-refractivity contribution in [2.24, 2.45) is 11.7 Å². The predicted molar refractivity (Wildman–Crippen MR) is 63.7 cm³/mol. The molecule has 1 rings (SSSR count). The standard InChI is InChI=1S/C13H17F2NO2/c1-8(6-13(17)18-2)5-12(16)10-4-3-9(14)7-11(10)15/h3-4,7-8,12H,5-6,16H2,1-2H3. The number of hydrogen-bond acceptors (Lipinski definition) is 3. The molecule has 0 saturated heterocycles. The molecule has 0 spiro atoms. The molecule has 0 amide bonds. The van der Waals surface area contributed by atoms with Gasteiger partial charge in [0.05, 0.1) is 7.11 Å². The molecule has 1 aromatic carbocycles. The molecule has 0 aliphatic heterocycles. The molecular weight excluding hydrogens is 240 g/mol. The van der Waals surface area contributed by atoms with Crippen LogP contribution in [-0.2, 0) is 9.53 Å². The van der Waals surface area contributed by atoms with Gasteiger partial charge in [-0.1, -0.05) is 13.0 Å². The summed E-state index contributed by atoms with van der Waals surface area (Å²) in [4.78, 5) is 11.1. The van der Waals surface area contributed by atoms with Crippen LogP contribution in [0.15, 0.2) is 18.2 Å². The minimum atomic E-state index is -0.659. The lowest BCUT2D eigenvalue weighted by atomic mass is 9.94. The third-order valence-electron chi connectivity index (χ3n) is 2.76. The SMILES string of the molecule is COC(=O)CC(C)CC(N)c1ccc(F)cc1F. The Balaban J connectivity index is 2.64. The molecule has 5 heteroatoms. The van der Waals surface area contributed by atoms with Gasteiger partial charge in [-0.2, -0.15) is 0 Å². The monoisotopic (exact) mass is 257 g/mol. The van der Waals surface area contributed by atoms with Gasteiger partial charge in [-0.15, -0.1) is 0 Å². The molecule has 18 heavy (non-hydrogen) atoms. The van der Waals surface area contributed by atoms with Gasteiger partial charge in [0, 0.05) is 24.1 Å². The van der Waals surface area contributed by atoms with Gasteiger partial charge in [0.15, 0.2) is 0 Å². The minimum Gasteiger partial charge on any atom is -0.469 e. The number of nitrogens with two attached hydrogens (primary N) is 1. The summed E-state index contributed by atoms with van der Waals surface area (Å²) in [6.07, 6.45) is 0.657. The fraction of sp³-hybridized carbons (Fsp3) is 0.462. The second-order valence-corrected chi connectivity index (χ2v) is 4.39. The van der Waals surface area contributed by atoms with Crippen LogP contribution in [0.25, 0.3) is 0 Å². The van der Waals surface area contributed by atoms with Gasteiger partial charge in [0.25, 0.3) is 0 Å². The Morgan fingerprint density at radius 3 is 2.67 bits per heavy atom. The van der Waals surface area contributed by atoms with E-state index in [2.05, 4.69) is 4.74 Å². The molecule has 100 valence electrons. The number of carbonyl (C=O) groups excluding carboxylic acids is 1. The fourth-order valence-electron chi connectivity index (χ4n) is 1.81. The average molecular weight is 257 g/mol. The summed E-state index contributed by atoms with van der Waals surface area (Å²) in [5.41, 5.74) is 6.11. The molecule has 3 nitrogen and oxygen atoms in total. The van der Waals surface area contributed by atoms with Crippen LogP contribution in [0.4, 0.5) is 8.78 Å². The van der Waals surface area contributed by atoms with E-state index < -0.39 is 17.7 Å². The van der Waals surface area contributed by atoms with Crippen LogP contribution in [-0.4, -0.2) is 13.1 Å². The number of benzene rings is 1. The van der Waals surface area contributed by atoms with Gasteiger partial charge in [-0.25, -0.2) is 8.78 Å². The summed E-state index contributed by atoms with van der Waals surface area (Å²) >= 11 is 0. The average Bonchev–Trinajstić information content (AvgIpc) is 2.28. The van der Waals surface area contributed by atoms with Crippen LogP contribution >= 0.6 is 0 Å². The van der Waals surface area contributed by atoms with Gasteiger partial charge < -0.3 is 10.5 Å². The second-order valence-electron chi connectivity index (χ2n) is 4.39. The van der Waals surface area contributed by atoms with Gasteiger partial charge in [-0.05, 0) is 18.4 Å². The van der Waals surface area contributed by atoms with Crippen molar-refractivity contribution < 1.29 is 18.3 Å². The first-order chi connectivity index (χ1) is 8.43. The molecule has 2 atom stereocenters. The topological polar surface area (TPSA) is 52.3 Å². The number of rotatable bonds is 5. The molecule has 0 aliphatic rings. The van der Waals surface area contributed by atoms with Crippen molar-refractivity contribution in [3.63, 3.8) is 0 Å². The van der Waals surface area contributed by atoms with Gasteiger partial charge >= 0.3 is 5.97 Å². The maximum atomic E-state index is 13.5. The van der Waals surface area contributed by atoms with Crippen LogP contribution in [0, 0.1) is 17.6 Å². The molecule has 0 radical (unpaired) electrons. The smallest absolute Gasteiger partial charge is 0.305 e. The van der Waals surface area contributed by atoms with Crippen molar-refractivity contribution in [1.29, 1.82) is 0 Å². The highest BCUT2D eigenvalue weighted by molar-refractivity contribution is 5.69. The molecule has 2 unspecified atom stereocenters.